The summed E-state index contributed by atoms with van der Waals surface area (Å²) in [5.41, 5.74) is 6.71. The minimum Gasteiger partial charge on any atom is -0.475 e. The van der Waals surface area contributed by atoms with Crippen LogP contribution in [-0.2, 0) is 16.0 Å². The summed E-state index contributed by atoms with van der Waals surface area (Å²) in [6.07, 6.45) is 2.58. The average molecular weight is 310 g/mol. The fraction of sp³-hybridized carbons (Fsp3) is 0.600. The summed E-state index contributed by atoms with van der Waals surface area (Å²) >= 11 is 0. The lowest BCUT2D eigenvalue weighted by Gasteiger charge is -2.09. The van der Waals surface area contributed by atoms with E-state index in [4.69, 9.17) is 19.9 Å². The van der Waals surface area contributed by atoms with Gasteiger partial charge in [0.2, 0.25) is 5.88 Å². The predicted octanol–water partition coefficient (Wildman–Crippen LogP) is 0.938. The molecule has 0 fully saturated rings. The summed E-state index contributed by atoms with van der Waals surface area (Å²) in [6, 6.07) is 3.76. The second kappa shape index (κ2) is 11.8. The zero-order valence-electron chi connectivity index (χ0n) is 13.4. The van der Waals surface area contributed by atoms with Gasteiger partial charge in [-0.05, 0) is 19.4 Å². The second-order valence-electron chi connectivity index (χ2n) is 4.49. The van der Waals surface area contributed by atoms with Gasteiger partial charge in [0.05, 0.1) is 13.2 Å². The summed E-state index contributed by atoms with van der Waals surface area (Å²) in [5, 5.41) is 3.05. The molecule has 0 amide bonds. The number of hydrogen-bond acceptors (Lipinski definition) is 5. The number of aliphatic imine (C=N–C) groups is 1. The molecule has 3 N–H and O–H groups in total. The Labute approximate surface area is 131 Å². The molecule has 7 heteroatoms. The molecule has 0 aromatic carbocycles. The van der Waals surface area contributed by atoms with E-state index in [2.05, 4.69) is 15.3 Å². The first-order valence-electron chi connectivity index (χ1n) is 7.45. The third kappa shape index (κ3) is 7.80. The van der Waals surface area contributed by atoms with Gasteiger partial charge >= 0.3 is 0 Å². The van der Waals surface area contributed by atoms with Crippen LogP contribution < -0.4 is 15.8 Å². The van der Waals surface area contributed by atoms with E-state index in [1.54, 1.807) is 13.3 Å². The molecule has 1 rings (SSSR count). The van der Waals surface area contributed by atoms with Gasteiger partial charge in [0, 0.05) is 38.6 Å². The quantitative estimate of drug-likeness (QED) is 0.359. The van der Waals surface area contributed by atoms with Crippen LogP contribution in [0.15, 0.2) is 23.3 Å². The molecule has 1 heterocycles. The Morgan fingerprint density at radius 3 is 3.00 bits per heavy atom. The molecule has 0 spiro atoms. The van der Waals surface area contributed by atoms with Crippen molar-refractivity contribution in [3.63, 3.8) is 0 Å². The third-order valence-electron chi connectivity index (χ3n) is 2.77. The first-order chi connectivity index (χ1) is 10.8. The van der Waals surface area contributed by atoms with Gasteiger partial charge in [-0.1, -0.05) is 6.07 Å². The normalized spacial score (nSPS) is 11.5. The molecule has 0 aliphatic heterocycles. The zero-order valence-corrected chi connectivity index (χ0v) is 13.4. The number of nitrogens with two attached hydrogens (primary N) is 1. The fourth-order valence-electron chi connectivity index (χ4n) is 1.66. The fourth-order valence-corrected chi connectivity index (χ4v) is 1.66. The van der Waals surface area contributed by atoms with Gasteiger partial charge in [-0.25, -0.2) is 9.98 Å². The number of hydrogen-bond donors (Lipinski definition) is 2. The first-order valence-corrected chi connectivity index (χ1v) is 7.45. The number of ether oxygens (including phenoxy) is 3. The predicted molar refractivity (Wildman–Crippen MR) is 86.0 cm³/mol. The van der Waals surface area contributed by atoms with Gasteiger partial charge in [-0.3, -0.25) is 0 Å². The molecular formula is C15H26N4O3. The highest BCUT2D eigenvalue weighted by atomic mass is 16.5. The summed E-state index contributed by atoms with van der Waals surface area (Å²) < 4.78 is 15.8. The highest BCUT2D eigenvalue weighted by molar-refractivity contribution is 5.77. The number of nitrogens with one attached hydrogen (secondary N) is 1. The van der Waals surface area contributed by atoms with Crippen LogP contribution in [0.25, 0.3) is 0 Å². The summed E-state index contributed by atoms with van der Waals surface area (Å²) in [4.78, 5) is 8.49. The maximum atomic E-state index is 5.82. The molecule has 124 valence electrons. The summed E-state index contributed by atoms with van der Waals surface area (Å²) in [6.45, 7) is 5.55. The molecule has 0 radical (unpaired) electrons. The number of guanidine groups is 1. The minimum atomic E-state index is 0.406. The molecule has 0 saturated carbocycles. The summed E-state index contributed by atoms with van der Waals surface area (Å²) in [5.74, 6) is 0.968. The molecule has 1 aromatic rings. The zero-order chi connectivity index (χ0) is 16.0. The largest absolute Gasteiger partial charge is 0.475 e. The standard InChI is InChI=1S/C15H26N4O3/c1-3-21-9-5-8-18-15(16)19-12-13-6-4-7-17-14(13)22-11-10-20-2/h4,6-7H,3,5,8-12H2,1-2H3,(H3,16,18,19). The Hall–Kier alpha value is -1.86. The highest BCUT2D eigenvalue weighted by Gasteiger charge is 2.04. The summed E-state index contributed by atoms with van der Waals surface area (Å²) in [7, 11) is 1.63. The topological polar surface area (TPSA) is 91.0 Å². The van der Waals surface area contributed by atoms with Gasteiger partial charge in [0.1, 0.15) is 6.61 Å². The van der Waals surface area contributed by atoms with Crippen molar-refractivity contribution in [1.29, 1.82) is 0 Å². The van der Waals surface area contributed by atoms with Crippen molar-refractivity contribution in [2.75, 3.05) is 40.1 Å². The molecule has 22 heavy (non-hydrogen) atoms. The Morgan fingerprint density at radius 2 is 2.23 bits per heavy atom. The van der Waals surface area contributed by atoms with E-state index in [0.29, 0.717) is 31.6 Å². The van der Waals surface area contributed by atoms with Crippen molar-refractivity contribution < 1.29 is 14.2 Å². The van der Waals surface area contributed by atoms with Gasteiger partial charge in [-0.15, -0.1) is 0 Å². The van der Waals surface area contributed by atoms with Crippen molar-refractivity contribution in [2.24, 2.45) is 10.7 Å². The van der Waals surface area contributed by atoms with Crippen LogP contribution in [0.4, 0.5) is 0 Å². The molecule has 0 aliphatic rings. The van der Waals surface area contributed by atoms with Crippen molar-refractivity contribution in [3.8, 4) is 5.88 Å². The van der Waals surface area contributed by atoms with Crippen molar-refractivity contribution in [2.45, 2.75) is 19.9 Å². The maximum absolute atomic E-state index is 5.82. The number of methoxy groups -OCH3 is 1. The molecule has 0 saturated heterocycles. The SMILES string of the molecule is CCOCCCNC(N)=NCc1cccnc1OCCOC. The van der Waals surface area contributed by atoms with Crippen LogP contribution in [0.2, 0.25) is 0 Å². The number of aromatic nitrogens is 1. The number of pyridine rings is 1. The molecule has 1 aromatic heterocycles. The van der Waals surface area contributed by atoms with E-state index in [0.717, 1.165) is 31.7 Å². The highest BCUT2D eigenvalue weighted by Crippen LogP contribution is 2.15. The maximum Gasteiger partial charge on any atom is 0.218 e. The third-order valence-corrected chi connectivity index (χ3v) is 2.77. The van der Waals surface area contributed by atoms with Gasteiger partial charge in [0.15, 0.2) is 5.96 Å². The van der Waals surface area contributed by atoms with Crippen LogP contribution in [0.1, 0.15) is 18.9 Å². The molecule has 0 atom stereocenters. The van der Waals surface area contributed by atoms with Crippen LogP contribution in [0.5, 0.6) is 5.88 Å². The van der Waals surface area contributed by atoms with Crippen LogP contribution in [0, 0.1) is 0 Å². The molecule has 0 aliphatic carbocycles. The smallest absolute Gasteiger partial charge is 0.218 e. The Bertz CT molecular complexity index is 441. The van der Waals surface area contributed by atoms with E-state index in [9.17, 15) is 0 Å². The van der Waals surface area contributed by atoms with Crippen molar-refractivity contribution >= 4 is 5.96 Å². The lowest BCUT2D eigenvalue weighted by molar-refractivity contribution is 0.143. The van der Waals surface area contributed by atoms with E-state index in [1.807, 2.05) is 19.1 Å². The van der Waals surface area contributed by atoms with Crippen molar-refractivity contribution in [3.05, 3.63) is 23.9 Å². The van der Waals surface area contributed by atoms with E-state index >= 15 is 0 Å². The second-order valence-corrected chi connectivity index (χ2v) is 4.49. The Kier molecular flexibility index (Phi) is 9.73. The molecule has 0 unspecified atom stereocenters. The lowest BCUT2D eigenvalue weighted by atomic mass is 10.3. The molecule has 0 bridgehead atoms. The van der Waals surface area contributed by atoms with E-state index in [-0.39, 0.29) is 0 Å². The van der Waals surface area contributed by atoms with Gasteiger partial charge < -0.3 is 25.3 Å². The Balaban J connectivity index is 2.40. The monoisotopic (exact) mass is 310 g/mol. The van der Waals surface area contributed by atoms with Crippen LogP contribution in [0.3, 0.4) is 0 Å². The van der Waals surface area contributed by atoms with Crippen molar-refractivity contribution in [1.82, 2.24) is 10.3 Å². The number of rotatable bonds is 11. The number of nitrogens with zero attached hydrogens (tertiary/aromatic N) is 2. The van der Waals surface area contributed by atoms with E-state index in [1.165, 1.54) is 0 Å². The molecule has 7 nitrogen and oxygen atoms in total. The lowest BCUT2D eigenvalue weighted by Crippen LogP contribution is -2.32. The Morgan fingerprint density at radius 1 is 1.36 bits per heavy atom. The van der Waals surface area contributed by atoms with Gasteiger partial charge in [-0.2, -0.15) is 0 Å². The van der Waals surface area contributed by atoms with Crippen LogP contribution >= 0.6 is 0 Å². The first kappa shape index (κ1) is 18.2. The minimum absolute atomic E-state index is 0.406. The van der Waals surface area contributed by atoms with E-state index < -0.39 is 0 Å². The van der Waals surface area contributed by atoms with Gasteiger partial charge in [0.25, 0.3) is 0 Å². The average Bonchev–Trinajstić information content (AvgIpc) is 2.54. The molecular weight excluding hydrogens is 284 g/mol. The van der Waals surface area contributed by atoms with Crippen LogP contribution in [-0.4, -0.2) is 51.0 Å².